The maximum atomic E-state index is 12.8. The van der Waals surface area contributed by atoms with Crippen molar-refractivity contribution in [1.29, 1.82) is 0 Å². The van der Waals surface area contributed by atoms with Gasteiger partial charge in [-0.05, 0) is 49.4 Å². The molecule has 1 saturated carbocycles. The second-order valence-corrected chi connectivity index (χ2v) is 8.28. The molecule has 150 valence electrons. The lowest BCUT2D eigenvalue weighted by Gasteiger charge is -2.40. The molecule has 5 nitrogen and oxygen atoms in total. The minimum absolute atomic E-state index is 0.0625. The zero-order valence-corrected chi connectivity index (χ0v) is 17.3. The van der Waals surface area contributed by atoms with Crippen LogP contribution >= 0.6 is 0 Å². The highest BCUT2D eigenvalue weighted by molar-refractivity contribution is 5.81. The van der Waals surface area contributed by atoms with E-state index in [2.05, 4.69) is 48.0 Å². The fourth-order valence-corrected chi connectivity index (χ4v) is 4.42. The van der Waals surface area contributed by atoms with Crippen LogP contribution in [0.1, 0.15) is 40.0 Å². The lowest BCUT2D eigenvalue weighted by Crippen LogP contribution is -2.56. The van der Waals surface area contributed by atoms with Crippen LogP contribution in [0.25, 0.3) is 0 Å². The van der Waals surface area contributed by atoms with Crippen molar-refractivity contribution in [3.63, 3.8) is 0 Å². The molecule has 1 aliphatic carbocycles. The van der Waals surface area contributed by atoms with Crippen molar-refractivity contribution in [2.75, 3.05) is 38.2 Å². The molecule has 2 aliphatic rings. The quantitative estimate of drug-likeness (QED) is 0.861. The fraction of sp³-hybridized carbons (Fsp3) is 0.682. The van der Waals surface area contributed by atoms with Crippen LogP contribution in [0.4, 0.5) is 5.69 Å². The molecule has 2 fully saturated rings. The molecule has 4 atom stereocenters. The van der Waals surface area contributed by atoms with Crippen LogP contribution in [0.5, 0.6) is 5.75 Å². The zero-order chi connectivity index (χ0) is 19.4. The van der Waals surface area contributed by atoms with Crippen molar-refractivity contribution in [2.24, 2.45) is 11.8 Å². The third kappa shape index (κ3) is 4.75. The van der Waals surface area contributed by atoms with E-state index in [4.69, 9.17) is 4.74 Å². The summed E-state index contributed by atoms with van der Waals surface area (Å²) in [5.41, 5.74) is 1.22. The molecule has 1 heterocycles. The van der Waals surface area contributed by atoms with Crippen LogP contribution < -0.4 is 15.0 Å². The molecule has 0 radical (unpaired) electrons. The Kier molecular flexibility index (Phi) is 6.64. The Balaban J connectivity index is 1.50. The number of rotatable bonds is 5. The molecule has 0 unspecified atom stereocenters. The number of carbonyl (C=O) groups is 1. The predicted molar refractivity (Wildman–Crippen MR) is 110 cm³/mol. The van der Waals surface area contributed by atoms with E-state index in [0.717, 1.165) is 38.3 Å². The van der Waals surface area contributed by atoms with Gasteiger partial charge in [0.25, 0.3) is 0 Å². The summed E-state index contributed by atoms with van der Waals surface area (Å²) >= 11 is 0. The molecule has 27 heavy (non-hydrogen) atoms. The predicted octanol–water partition coefficient (Wildman–Crippen LogP) is 3.15. The Hall–Kier alpha value is -1.75. The van der Waals surface area contributed by atoms with Gasteiger partial charge in [0.05, 0.1) is 13.2 Å². The molecule has 1 aromatic carbocycles. The Labute approximate surface area is 164 Å². The number of nitrogens with one attached hydrogen (secondary N) is 1. The number of hydrogen-bond donors (Lipinski definition) is 1. The average molecular weight is 374 g/mol. The van der Waals surface area contributed by atoms with E-state index in [1.807, 2.05) is 12.1 Å². The molecule has 3 rings (SSSR count). The van der Waals surface area contributed by atoms with Crippen LogP contribution in [0.3, 0.4) is 0 Å². The van der Waals surface area contributed by atoms with Crippen molar-refractivity contribution < 1.29 is 9.53 Å². The van der Waals surface area contributed by atoms with Gasteiger partial charge < -0.3 is 15.0 Å². The van der Waals surface area contributed by atoms with Gasteiger partial charge >= 0.3 is 0 Å². The van der Waals surface area contributed by atoms with E-state index in [9.17, 15) is 4.79 Å². The molecule has 1 N–H and O–H groups in total. The van der Waals surface area contributed by atoms with Crippen molar-refractivity contribution >= 4 is 11.6 Å². The minimum atomic E-state index is -0.0625. The Morgan fingerprint density at radius 2 is 1.78 bits per heavy atom. The number of piperazine rings is 1. The largest absolute Gasteiger partial charge is 0.497 e. The van der Waals surface area contributed by atoms with Gasteiger partial charge in [0.1, 0.15) is 5.75 Å². The minimum Gasteiger partial charge on any atom is -0.497 e. The van der Waals surface area contributed by atoms with Gasteiger partial charge in [0.15, 0.2) is 0 Å². The smallest absolute Gasteiger partial charge is 0.237 e. The summed E-state index contributed by atoms with van der Waals surface area (Å²) in [6.07, 6.45) is 3.64. The van der Waals surface area contributed by atoms with E-state index in [-0.39, 0.29) is 11.9 Å². The SMILES string of the molecule is COc1ccc(N2CCN([C@H](C)C(=O)N[C@@H]3CCC[C@@H](C)[C@H]3C)CC2)cc1. The summed E-state index contributed by atoms with van der Waals surface area (Å²) in [6, 6.07) is 8.50. The van der Waals surface area contributed by atoms with Gasteiger partial charge in [0, 0.05) is 37.9 Å². The first kappa shape index (κ1) is 20.0. The molecule has 1 saturated heterocycles. The lowest BCUT2D eigenvalue weighted by atomic mass is 9.78. The highest BCUT2D eigenvalue weighted by Crippen LogP contribution is 2.29. The fourth-order valence-electron chi connectivity index (χ4n) is 4.42. The summed E-state index contributed by atoms with van der Waals surface area (Å²) in [6.45, 7) is 10.4. The summed E-state index contributed by atoms with van der Waals surface area (Å²) in [4.78, 5) is 17.5. The molecule has 0 bridgehead atoms. The van der Waals surface area contributed by atoms with Gasteiger partial charge in [-0.3, -0.25) is 9.69 Å². The molecule has 5 heteroatoms. The lowest BCUT2D eigenvalue weighted by molar-refractivity contribution is -0.127. The van der Waals surface area contributed by atoms with E-state index in [1.165, 1.54) is 18.5 Å². The third-order valence-corrected chi connectivity index (χ3v) is 6.71. The van der Waals surface area contributed by atoms with Gasteiger partial charge in [-0.2, -0.15) is 0 Å². The van der Waals surface area contributed by atoms with Gasteiger partial charge in [-0.25, -0.2) is 0 Å². The van der Waals surface area contributed by atoms with Crippen LogP contribution in [0.2, 0.25) is 0 Å². The number of ether oxygens (including phenoxy) is 1. The number of hydrogen-bond acceptors (Lipinski definition) is 4. The topological polar surface area (TPSA) is 44.8 Å². The van der Waals surface area contributed by atoms with E-state index >= 15 is 0 Å². The van der Waals surface area contributed by atoms with Gasteiger partial charge in [0.2, 0.25) is 5.91 Å². The highest BCUT2D eigenvalue weighted by atomic mass is 16.5. The summed E-state index contributed by atoms with van der Waals surface area (Å²) < 4.78 is 5.24. The normalized spacial score (nSPS) is 27.9. The van der Waals surface area contributed by atoms with Crippen molar-refractivity contribution in [1.82, 2.24) is 10.2 Å². The number of nitrogens with zero attached hydrogens (tertiary/aromatic N) is 2. The third-order valence-electron chi connectivity index (χ3n) is 6.71. The Morgan fingerprint density at radius 1 is 1.11 bits per heavy atom. The molecular weight excluding hydrogens is 338 g/mol. The van der Waals surface area contributed by atoms with E-state index in [1.54, 1.807) is 7.11 Å². The molecule has 1 aromatic rings. The van der Waals surface area contributed by atoms with E-state index in [0.29, 0.717) is 17.9 Å². The molecule has 1 aliphatic heterocycles. The monoisotopic (exact) mass is 373 g/mol. The Bertz CT molecular complexity index is 610. The molecule has 0 spiro atoms. The van der Waals surface area contributed by atoms with Crippen LogP contribution in [-0.2, 0) is 4.79 Å². The summed E-state index contributed by atoms with van der Waals surface area (Å²) in [5.74, 6) is 2.35. The standard InChI is InChI=1S/C22H35N3O2/c1-16-6-5-7-21(17(16)2)23-22(26)18(3)24-12-14-25(15-13-24)19-8-10-20(27-4)11-9-19/h8-11,16-18,21H,5-7,12-15H2,1-4H3,(H,23,26)/t16-,17-,18-,21-/m1/s1. The highest BCUT2D eigenvalue weighted by Gasteiger charge is 2.31. The maximum Gasteiger partial charge on any atom is 0.237 e. The van der Waals surface area contributed by atoms with E-state index < -0.39 is 0 Å². The number of benzene rings is 1. The summed E-state index contributed by atoms with van der Waals surface area (Å²) in [5, 5.41) is 3.34. The maximum absolute atomic E-state index is 12.8. The van der Waals surface area contributed by atoms with Crippen molar-refractivity contribution in [3.05, 3.63) is 24.3 Å². The first-order valence-electron chi connectivity index (χ1n) is 10.4. The van der Waals surface area contributed by atoms with Crippen LogP contribution in [-0.4, -0.2) is 56.2 Å². The molecule has 0 aromatic heterocycles. The first-order chi connectivity index (χ1) is 13.0. The van der Waals surface area contributed by atoms with Crippen LogP contribution in [0.15, 0.2) is 24.3 Å². The number of anilines is 1. The molecular formula is C22H35N3O2. The second kappa shape index (κ2) is 8.96. The van der Waals surface area contributed by atoms with Crippen molar-refractivity contribution in [3.8, 4) is 5.75 Å². The first-order valence-corrected chi connectivity index (χ1v) is 10.4. The van der Waals surface area contributed by atoms with Gasteiger partial charge in [-0.15, -0.1) is 0 Å². The van der Waals surface area contributed by atoms with Gasteiger partial charge in [-0.1, -0.05) is 26.7 Å². The van der Waals surface area contributed by atoms with Crippen LogP contribution in [0, 0.1) is 11.8 Å². The summed E-state index contributed by atoms with van der Waals surface area (Å²) in [7, 11) is 1.69. The van der Waals surface area contributed by atoms with Crippen molar-refractivity contribution in [2.45, 2.75) is 52.1 Å². The number of carbonyl (C=O) groups excluding carboxylic acids is 1. The zero-order valence-electron chi connectivity index (χ0n) is 17.3. The second-order valence-electron chi connectivity index (χ2n) is 8.28. The number of methoxy groups -OCH3 is 1. The Morgan fingerprint density at radius 3 is 2.41 bits per heavy atom. The average Bonchev–Trinajstić information content (AvgIpc) is 2.71. The number of amides is 1. The molecule has 1 amide bonds.